The van der Waals surface area contributed by atoms with Gasteiger partial charge in [-0.15, -0.1) is 5.10 Å². The Balaban J connectivity index is 1.78. The van der Waals surface area contributed by atoms with E-state index in [4.69, 9.17) is 4.74 Å². The van der Waals surface area contributed by atoms with Crippen molar-refractivity contribution in [3.63, 3.8) is 0 Å². The van der Waals surface area contributed by atoms with Crippen molar-refractivity contribution in [2.45, 2.75) is 24.5 Å². The number of ether oxygens (including phenoxy) is 1. The molecule has 0 unspecified atom stereocenters. The van der Waals surface area contributed by atoms with Crippen LogP contribution in [-0.4, -0.2) is 56.8 Å². The molecule has 2 aromatic heterocycles. The van der Waals surface area contributed by atoms with Crippen LogP contribution in [0.3, 0.4) is 0 Å². The van der Waals surface area contributed by atoms with E-state index >= 15 is 0 Å². The second kappa shape index (κ2) is 6.81. The van der Waals surface area contributed by atoms with E-state index in [1.54, 1.807) is 17.0 Å². The smallest absolute Gasteiger partial charge is 0.433 e. The molecule has 1 saturated heterocycles. The van der Waals surface area contributed by atoms with Crippen molar-refractivity contribution >= 4 is 5.82 Å². The van der Waals surface area contributed by atoms with Crippen LogP contribution >= 0.6 is 0 Å². The predicted octanol–water partition coefficient (Wildman–Crippen LogP) is 0.880. The molecule has 7 nitrogen and oxygen atoms in total. The topological polar surface area (TPSA) is 91.6 Å². The van der Waals surface area contributed by atoms with E-state index in [0.29, 0.717) is 5.82 Å². The Morgan fingerprint density at radius 3 is 2.60 bits per heavy atom. The molecule has 0 aromatic carbocycles. The summed E-state index contributed by atoms with van der Waals surface area (Å²) in [5.41, 5.74) is -1.10. The van der Waals surface area contributed by atoms with E-state index in [1.807, 2.05) is 0 Å². The van der Waals surface area contributed by atoms with Gasteiger partial charge < -0.3 is 19.8 Å². The molecule has 10 heteroatoms. The quantitative estimate of drug-likeness (QED) is 0.843. The summed E-state index contributed by atoms with van der Waals surface area (Å²) in [6.07, 6.45) is -6.54. The average molecular weight is 356 g/mol. The zero-order chi connectivity index (χ0) is 18.0. The van der Waals surface area contributed by atoms with Crippen LogP contribution in [0.15, 0.2) is 36.5 Å². The number of hydrogen-bond donors (Lipinski definition) is 2. The van der Waals surface area contributed by atoms with Crippen LogP contribution in [0.25, 0.3) is 0 Å². The molecule has 25 heavy (non-hydrogen) atoms. The fraction of sp³-hybridized carbons (Fsp3) is 0.400. The number of β-amino-alcohol motifs (C(OH)–C–C–N with tert-alkyl or cyclic N) is 1. The number of piperidine rings is 1. The maximum absolute atomic E-state index is 12.7. The minimum atomic E-state index is -4.60. The Morgan fingerprint density at radius 2 is 1.92 bits per heavy atom. The average Bonchev–Trinajstić information content (AvgIpc) is 2.59. The van der Waals surface area contributed by atoms with Gasteiger partial charge in [0.05, 0.1) is 6.54 Å². The Hall–Kier alpha value is -2.46. The lowest BCUT2D eigenvalue weighted by Crippen LogP contribution is -2.57. The van der Waals surface area contributed by atoms with E-state index in [9.17, 15) is 23.4 Å². The lowest BCUT2D eigenvalue weighted by Gasteiger charge is -2.39. The predicted molar refractivity (Wildman–Crippen MR) is 79.9 cm³/mol. The molecule has 0 spiro atoms. The molecule has 3 heterocycles. The van der Waals surface area contributed by atoms with Gasteiger partial charge in [-0.2, -0.15) is 18.3 Å². The van der Waals surface area contributed by atoms with E-state index in [-0.39, 0.29) is 19.0 Å². The number of aliphatic hydroxyl groups excluding tert-OH is 2. The summed E-state index contributed by atoms with van der Waals surface area (Å²) in [6, 6.07) is 6.57. The van der Waals surface area contributed by atoms with Crippen LogP contribution in [0.5, 0.6) is 5.88 Å². The van der Waals surface area contributed by atoms with Gasteiger partial charge in [-0.3, -0.25) is 0 Å². The molecule has 2 N–H and O–H groups in total. The third-order valence-electron chi connectivity index (χ3n) is 3.75. The fourth-order valence-corrected chi connectivity index (χ4v) is 2.53. The number of rotatable bonds is 3. The molecule has 0 bridgehead atoms. The first-order valence-electron chi connectivity index (χ1n) is 7.44. The highest BCUT2D eigenvalue weighted by Crippen LogP contribution is 2.29. The normalized spacial score (nSPS) is 24.2. The number of halogens is 3. The standard InChI is InChI=1S/C15H15F3N4O3/c16-15(17,18)11-3-1-5-13(20-11)25-10-8-22(7-9(23)14(10)24)12-4-2-6-19-21-12/h1-6,9-10,14,23-24H,7-8H2/t9-,10-,14-/m0/s1. The summed E-state index contributed by atoms with van der Waals surface area (Å²) >= 11 is 0. The third kappa shape index (κ3) is 3.97. The lowest BCUT2D eigenvalue weighted by atomic mass is 10.0. The van der Waals surface area contributed by atoms with Gasteiger partial charge in [0, 0.05) is 18.8 Å². The van der Waals surface area contributed by atoms with Crippen molar-refractivity contribution in [2.24, 2.45) is 0 Å². The SMILES string of the molecule is O[C@@H]1[C@@H](Oc2cccc(C(F)(F)F)n2)CN(c2cccnn2)C[C@@H]1O. The van der Waals surface area contributed by atoms with Crippen molar-refractivity contribution in [2.75, 3.05) is 18.0 Å². The third-order valence-corrected chi connectivity index (χ3v) is 3.75. The Bertz CT molecular complexity index is 717. The zero-order valence-electron chi connectivity index (χ0n) is 12.8. The summed E-state index contributed by atoms with van der Waals surface area (Å²) in [6.45, 7) is 0.199. The molecule has 0 aliphatic carbocycles. The van der Waals surface area contributed by atoms with Crippen LogP contribution in [0.2, 0.25) is 0 Å². The molecular formula is C15H15F3N4O3. The summed E-state index contributed by atoms with van der Waals surface area (Å²) in [5.74, 6) is 0.172. The highest BCUT2D eigenvalue weighted by molar-refractivity contribution is 5.38. The minimum Gasteiger partial charge on any atom is -0.470 e. The molecule has 3 atom stereocenters. The molecule has 0 radical (unpaired) electrons. The molecule has 1 aliphatic heterocycles. The van der Waals surface area contributed by atoms with Gasteiger partial charge in [0.25, 0.3) is 0 Å². The lowest BCUT2D eigenvalue weighted by molar-refractivity contribution is -0.141. The van der Waals surface area contributed by atoms with E-state index in [1.165, 1.54) is 12.3 Å². The number of anilines is 1. The van der Waals surface area contributed by atoms with Crippen molar-refractivity contribution in [3.8, 4) is 5.88 Å². The molecule has 2 aromatic rings. The molecule has 3 rings (SSSR count). The van der Waals surface area contributed by atoms with Gasteiger partial charge in [-0.25, -0.2) is 4.98 Å². The fourth-order valence-electron chi connectivity index (χ4n) is 2.53. The maximum atomic E-state index is 12.7. The Labute approximate surface area is 140 Å². The van der Waals surface area contributed by atoms with Crippen LogP contribution in [0.1, 0.15) is 5.69 Å². The summed E-state index contributed by atoms with van der Waals surface area (Å²) < 4.78 is 43.6. The van der Waals surface area contributed by atoms with Gasteiger partial charge >= 0.3 is 6.18 Å². The number of aromatic nitrogens is 3. The zero-order valence-corrected chi connectivity index (χ0v) is 12.8. The number of hydrogen-bond acceptors (Lipinski definition) is 7. The van der Waals surface area contributed by atoms with Crippen LogP contribution in [0.4, 0.5) is 19.0 Å². The highest BCUT2D eigenvalue weighted by atomic mass is 19.4. The van der Waals surface area contributed by atoms with Crippen molar-refractivity contribution < 1.29 is 28.1 Å². The first kappa shape index (κ1) is 17.4. The van der Waals surface area contributed by atoms with Gasteiger partial charge in [-0.1, -0.05) is 6.07 Å². The molecule has 0 saturated carbocycles. The number of aliphatic hydroxyl groups is 2. The van der Waals surface area contributed by atoms with Crippen LogP contribution in [0, 0.1) is 0 Å². The Morgan fingerprint density at radius 1 is 1.12 bits per heavy atom. The van der Waals surface area contributed by atoms with Gasteiger partial charge in [0.2, 0.25) is 5.88 Å². The van der Waals surface area contributed by atoms with Crippen LogP contribution < -0.4 is 9.64 Å². The highest BCUT2D eigenvalue weighted by Gasteiger charge is 2.38. The molecular weight excluding hydrogens is 341 g/mol. The summed E-state index contributed by atoms with van der Waals surface area (Å²) in [5, 5.41) is 27.8. The monoisotopic (exact) mass is 356 g/mol. The first-order valence-corrected chi connectivity index (χ1v) is 7.44. The van der Waals surface area contributed by atoms with Crippen LogP contribution in [-0.2, 0) is 6.18 Å². The largest absolute Gasteiger partial charge is 0.470 e. The van der Waals surface area contributed by atoms with Gasteiger partial charge in [-0.05, 0) is 18.2 Å². The van der Waals surface area contributed by atoms with Gasteiger partial charge in [0.15, 0.2) is 5.82 Å². The van der Waals surface area contributed by atoms with Crippen molar-refractivity contribution in [3.05, 3.63) is 42.2 Å². The number of alkyl halides is 3. The second-order valence-corrected chi connectivity index (χ2v) is 5.56. The summed E-state index contributed by atoms with van der Waals surface area (Å²) in [7, 11) is 0. The molecule has 134 valence electrons. The van der Waals surface area contributed by atoms with Crippen molar-refractivity contribution in [1.29, 1.82) is 0 Å². The van der Waals surface area contributed by atoms with E-state index in [2.05, 4.69) is 15.2 Å². The van der Waals surface area contributed by atoms with Gasteiger partial charge in [0.1, 0.15) is 24.0 Å². The van der Waals surface area contributed by atoms with Crippen molar-refractivity contribution in [1.82, 2.24) is 15.2 Å². The number of pyridine rings is 1. The molecule has 1 aliphatic rings. The molecule has 1 fully saturated rings. The second-order valence-electron chi connectivity index (χ2n) is 5.56. The minimum absolute atomic E-state index is 0.0930. The first-order chi connectivity index (χ1) is 11.8. The van der Waals surface area contributed by atoms with E-state index < -0.39 is 30.2 Å². The summed E-state index contributed by atoms with van der Waals surface area (Å²) in [4.78, 5) is 5.04. The maximum Gasteiger partial charge on any atom is 0.433 e. The number of nitrogens with zero attached hydrogens (tertiary/aromatic N) is 4. The Kier molecular flexibility index (Phi) is 4.73. The van der Waals surface area contributed by atoms with E-state index in [0.717, 1.165) is 12.1 Å². The molecule has 0 amide bonds.